The van der Waals surface area contributed by atoms with Crippen LogP contribution in [0.5, 0.6) is 0 Å². The van der Waals surface area contributed by atoms with E-state index in [0.717, 1.165) is 118 Å². The molecule has 38 heavy (non-hydrogen) atoms. The van der Waals surface area contributed by atoms with E-state index in [1.807, 2.05) is 0 Å². The Hall–Kier alpha value is -1.88. The second kappa shape index (κ2) is 17.7. The van der Waals surface area contributed by atoms with Gasteiger partial charge in [0, 0.05) is 118 Å². The molecule has 2 fully saturated rings. The summed E-state index contributed by atoms with van der Waals surface area (Å²) >= 11 is 0. The van der Waals surface area contributed by atoms with Crippen molar-refractivity contribution >= 4 is 0 Å². The van der Waals surface area contributed by atoms with Crippen molar-refractivity contribution in [1.82, 2.24) is 41.7 Å². The molecule has 210 valence electrons. The van der Waals surface area contributed by atoms with Crippen LogP contribution in [0.15, 0.2) is 48.5 Å². The molecule has 2 aliphatic rings. The van der Waals surface area contributed by atoms with E-state index in [0.29, 0.717) is 0 Å². The van der Waals surface area contributed by atoms with E-state index in [4.69, 9.17) is 0 Å². The van der Waals surface area contributed by atoms with Crippen LogP contribution < -0.4 is 31.9 Å². The largest absolute Gasteiger partial charge is 0.314 e. The molecule has 8 nitrogen and oxygen atoms in total. The smallest absolute Gasteiger partial charge is 0.0240 e. The molecule has 4 rings (SSSR count). The Kier molecular flexibility index (Phi) is 13.5. The van der Waals surface area contributed by atoms with Crippen LogP contribution in [0.25, 0.3) is 11.1 Å². The van der Waals surface area contributed by atoms with Crippen molar-refractivity contribution in [1.29, 1.82) is 0 Å². The molecular formula is C30H50N8. The molecule has 0 unspecified atom stereocenters. The van der Waals surface area contributed by atoms with Gasteiger partial charge in [-0.2, -0.15) is 0 Å². The molecule has 2 aromatic rings. The SMILES string of the molecule is c1ccc(-c2ccccc2CN2CCNCCNCCNCC2)c(CN2CCNCCNCCNCC2)c1. The number of nitrogens with one attached hydrogen (secondary N) is 6. The van der Waals surface area contributed by atoms with Gasteiger partial charge in [0.05, 0.1) is 0 Å². The van der Waals surface area contributed by atoms with Crippen LogP contribution in [0.1, 0.15) is 11.1 Å². The van der Waals surface area contributed by atoms with Crippen molar-refractivity contribution in [3.8, 4) is 11.1 Å². The first-order chi connectivity index (χ1) is 18.9. The lowest BCUT2D eigenvalue weighted by Gasteiger charge is -2.27. The molecule has 0 saturated carbocycles. The Balaban J connectivity index is 1.46. The van der Waals surface area contributed by atoms with E-state index in [2.05, 4.69) is 90.2 Å². The van der Waals surface area contributed by atoms with Crippen LogP contribution in [-0.2, 0) is 13.1 Å². The fraction of sp³-hybridized carbons (Fsp3) is 0.600. The molecular weight excluding hydrogens is 472 g/mol. The Labute approximate surface area is 230 Å². The highest BCUT2D eigenvalue weighted by Crippen LogP contribution is 2.29. The van der Waals surface area contributed by atoms with Gasteiger partial charge in [-0.15, -0.1) is 0 Å². The summed E-state index contributed by atoms with van der Waals surface area (Å²) in [5.74, 6) is 0. The first-order valence-electron chi connectivity index (χ1n) is 14.8. The van der Waals surface area contributed by atoms with Crippen molar-refractivity contribution in [3.63, 3.8) is 0 Å². The third-order valence-corrected chi connectivity index (χ3v) is 7.45. The molecule has 8 heteroatoms. The van der Waals surface area contributed by atoms with E-state index in [1.165, 1.54) is 22.3 Å². The second-order valence-corrected chi connectivity index (χ2v) is 10.4. The molecule has 0 amide bonds. The van der Waals surface area contributed by atoms with Crippen LogP contribution >= 0.6 is 0 Å². The van der Waals surface area contributed by atoms with Crippen molar-refractivity contribution in [3.05, 3.63) is 59.7 Å². The summed E-state index contributed by atoms with van der Waals surface area (Å²) < 4.78 is 0. The number of nitrogens with zero attached hydrogens (tertiary/aromatic N) is 2. The van der Waals surface area contributed by atoms with Gasteiger partial charge in [0.1, 0.15) is 0 Å². The van der Waals surface area contributed by atoms with E-state index >= 15 is 0 Å². The van der Waals surface area contributed by atoms with Crippen LogP contribution in [0.3, 0.4) is 0 Å². The molecule has 0 spiro atoms. The van der Waals surface area contributed by atoms with E-state index in [9.17, 15) is 0 Å². The summed E-state index contributed by atoms with van der Waals surface area (Å²) in [5.41, 5.74) is 5.57. The van der Waals surface area contributed by atoms with E-state index in [-0.39, 0.29) is 0 Å². The monoisotopic (exact) mass is 522 g/mol. The zero-order valence-corrected chi connectivity index (χ0v) is 23.2. The summed E-state index contributed by atoms with van der Waals surface area (Å²) in [7, 11) is 0. The summed E-state index contributed by atoms with van der Waals surface area (Å²) in [6, 6.07) is 18.1. The maximum absolute atomic E-state index is 3.60. The lowest BCUT2D eigenvalue weighted by molar-refractivity contribution is 0.262. The van der Waals surface area contributed by atoms with Gasteiger partial charge in [-0.3, -0.25) is 9.80 Å². The minimum atomic E-state index is 0.970. The lowest BCUT2D eigenvalue weighted by Crippen LogP contribution is -2.41. The van der Waals surface area contributed by atoms with E-state index < -0.39 is 0 Å². The predicted octanol–water partition coefficient (Wildman–Crippen LogP) is 0.522. The molecule has 0 bridgehead atoms. The Morgan fingerprint density at radius 3 is 1.03 bits per heavy atom. The van der Waals surface area contributed by atoms with Gasteiger partial charge >= 0.3 is 0 Å². The number of benzene rings is 2. The second-order valence-electron chi connectivity index (χ2n) is 10.4. The standard InChI is InChI=1S/C30H50N8/c1-3-7-29(27(5-1)25-37-21-17-33-13-9-31-10-14-34-18-22-37)30-8-4-2-6-28(30)26-38-23-19-35-15-11-32-12-16-36-20-24-38/h1-8,31-36H,9-26H2. The van der Waals surface area contributed by atoms with Gasteiger partial charge in [-0.25, -0.2) is 0 Å². The Bertz CT molecular complexity index is 810. The number of rotatable bonds is 5. The molecule has 0 aliphatic carbocycles. The number of hydrogen-bond acceptors (Lipinski definition) is 8. The number of hydrogen-bond donors (Lipinski definition) is 6. The van der Waals surface area contributed by atoms with Crippen molar-refractivity contribution < 1.29 is 0 Å². The van der Waals surface area contributed by atoms with Gasteiger partial charge in [0.2, 0.25) is 0 Å². The average molecular weight is 523 g/mol. The molecule has 0 radical (unpaired) electrons. The topological polar surface area (TPSA) is 78.7 Å². The maximum Gasteiger partial charge on any atom is 0.0240 e. The summed E-state index contributed by atoms with van der Waals surface area (Å²) in [5, 5.41) is 21.4. The van der Waals surface area contributed by atoms with Crippen molar-refractivity contribution in [2.24, 2.45) is 0 Å². The normalized spacial score (nSPS) is 20.9. The first-order valence-corrected chi connectivity index (χ1v) is 14.8. The molecule has 2 aliphatic heterocycles. The summed E-state index contributed by atoms with van der Waals surface area (Å²) in [4.78, 5) is 5.19. The van der Waals surface area contributed by atoms with Crippen molar-refractivity contribution in [2.75, 3.05) is 105 Å². The fourth-order valence-corrected chi connectivity index (χ4v) is 5.27. The zero-order chi connectivity index (χ0) is 26.1. The van der Waals surface area contributed by atoms with Gasteiger partial charge in [0.25, 0.3) is 0 Å². The minimum absolute atomic E-state index is 0.970. The average Bonchev–Trinajstić information content (AvgIpc) is 2.92. The quantitative estimate of drug-likeness (QED) is 0.340. The third kappa shape index (κ3) is 10.4. The van der Waals surface area contributed by atoms with Crippen LogP contribution in [0.4, 0.5) is 0 Å². The first kappa shape index (κ1) is 29.1. The summed E-state index contributed by atoms with van der Waals surface area (Å²) in [6.07, 6.45) is 0. The van der Waals surface area contributed by atoms with Crippen LogP contribution in [0, 0.1) is 0 Å². The predicted molar refractivity (Wildman–Crippen MR) is 160 cm³/mol. The van der Waals surface area contributed by atoms with Gasteiger partial charge < -0.3 is 31.9 Å². The third-order valence-electron chi connectivity index (χ3n) is 7.45. The molecule has 2 aromatic carbocycles. The van der Waals surface area contributed by atoms with Crippen LogP contribution in [0.2, 0.25) is 0 Å². The summed E-state index contributed by atoms with van der Waals surface area (Å²) in [6.45, 7) is 18.5. The van der Waals surface area contributed by atoms with E-state index in [1.54, 1.807) is 0 Å². The highest BCUT2D eigenvalue weighted by molar-refractivity contribution is 5.70. The van der Waals surface area contributed by atoms with Crippen molar-refractivity contribution in [2.45, 2.75) is 13.1 Å². The molecule has 0 atom stereocenters. The highest BCUT2D eigenvalue weighted by atomic mass is 15.2. The zero-order valence-electron chi connectivity index (χ0n) is 23.2. The maximum atomic E-state index is 3.60. The Morgan fingerprint density at radius 1 is 0.395 bits per heavy atom. The fourth-order valence-electron chi connectivity index (χ4n) is 5.27. The molecule has 2 heterocycles. The van der Waals surface area contributed by atoms with Gasteiger partial charge in [-0.1, -0.05) is 48.5 Å². The molecule has 2 saturated heterocycles. The van der Waals surface area contributed by atoms with Crippen LogP contribution in [-0.4, -0.2) is 115 Å². The Morgan fingerprint density at radius 2 is 0.684 bits per heavy atom. The molecule has 0 aromatic heterocycles. The minimum Gasteiger partial charge on any atom is -0.314 e. The lowest BCUT2D eigenvalue weighted by atomic mass is 9.94. The van der Waals surface area contributed by atoms with Gasteiger partial charge in [0.15, 0.2) is 0 Å². The highest BCUT2D eigenvalue weighted by Gasteiger charge is 2.15. The molecule has 6 N–H and O–H groups in total. The van der Waals surface area contributed by atoms with Gasteiger partial charge in [-0.05, 0) is 22.3 Å².